The number of hydrogen-bond acceptors (Lipinski definition) is 4. The fraction of sp³-hybridized carbons (Fsp3) is 0.217. The molecule has 6 heteroatoms. The van der Waals surface area contributed by atoms with Gasteiger partial charge in [-0.05, 0) is 50.6 Å². The molecule has 3 aromatic rings. The summed E-state index contributed by atoms with van der Waals surface area (Å²) in [5.74, 6) is 0.136. The number of hydrogen-bond donors (Lipinski definition) is 2. The Hall–Kier alpha value is -3.54. The normalized spacial score (nSPS) is 14.9. The van der Waals surface area contributed by atoms with Gasteiger partial charge in [0.2, 0.25) is 0 Å². The maximum absolute atomic E-state index is 11.7. The zero-order chi connectivity index (χ0) is 20.4. The predicted molar refractivity (Wildman–Crippen MR) is 114 cm³/mol. The first kappa shape index (κ1) is 18.8. The number of esters is 1. The maximum Gasteiger partial charge on any atom is 0.344 e. The van der Waals surface area contributed by atoms with Crippen LogP contribution in [0.4, 0.5) is 0 Å². The van der Waals surface area contributed by atoms with Crippen molar-refractivity contribution in [2.75, 3.05) is 13.2 Å². The van der Waals surface area contributed by atoms with Gasteiger partial charge < -0.3 is 19.4 Å². The maximum atomic E-state index is 11.7. The number of para-hydroxylation sites is 1. The first-order valence-corrected chi connectivity index (χ1v) is 9.58. The summed E-state index contributed by atoms with van der Waals surface area (Å²) in [5.41, 5.74) is 6.51. The second-order valence-electron chi connectivity index (χ2n) is 6.95. The molecule has 6 nitrogen and oxygen atoms in total. The highest BCUT2D eigenvalue weighted by atomic mass is 16.6. The van der Waals surface area contributed by atoms with E-state index in [1.165, 1.54) is 0 Å². The van der Waals surface area contributed by atoms with Crippen molar-refractivity contribution in [2.45, 2.75) is 20.8 Å². The first-order valence-electron chi connectivity index (χ1n) is 9.58. The molecule has 3 heterocycles. The molecule has 0 amide bonds. The van der Waals surface area contributed by atoms with Crippen LogP contribution in [0.5, 0.6) is 0 Å². The van der Waals surface area contributed by atoms with E-state index in [4.69, 9.17) is 14.5 Å². The van der Waals surface area contributed by atoms with E-state index >= 15 is 0 Å². The van der Waals surface area contributed by atoms with Crippen LogP contribution in [0.25, 0.3) is 17.0 Å². The van der Waals surface area contributed by atoms with Crippen molar-refractivity contribution in [1.82, 2.24) is 9.97 Å². The summed E-state index contributed by atoms with van der Waals surface area (Å²) in [6.07, 6.45) is 3.79. The minimum absolute atomic E-state index is 0.157. The summed E-state index contributed by atoms with van der Waals surface area (Å²) >= 11 is 0. The molecule has 29 heavy (non-hydrogen) atoms. The van der Waals surface area contributed by atoms with Gasteiger partial charge in [0.05, 0.1) is 18.0 Å². The summed E-state index contributed by atoms with van der Waals surface area (Å²) in [6, 6.07) is 12.2. The lowest BCUT2D eigenvalue weighted by atomic mass is 10.2. The molecule has 0 unspecified atom stereocenters. The number of allylic oxidation sites excluding steroid dienone is 1. The van der Waals surface area contributed by atoms with Crippen LogP contribution in [0.2, 0.25) is 0 Å². The zero-order valence-electron chi connectivity index (χ0n) is 16.7. The molecule has 1 aromatic carbocycles. The fourth-order valence-electron chi connectivity index (χ4n) is 3.36. The van der Waals surface area contributed by atoms with Crippen molar-refractivity contribution in [2.24, 2.45) is 4.99 Å². The Morgan fingerprint density at radius 1 is 1.17 bits per heavy atom. The van der Waals surface area contributed by atoms with Crippen LogP contribution in [0.3, 0.4) is 0 Å². The Bertz CT molecular complexity index is 1130. The van der Waals surface area contributed by atoms with Crippen molar-refractivity contribution >= 4 is 28.7 Å². The number of aryl methyl sites for hydroxylation is 2. The lowest BCUT2D eigenvalue weighted by molar-refractivity contribution is -0.146. The molecule has 0 atom stereocenters. The molecule has 4 rings (SSSR count). The standard InChI is InChI=1S/C23H23N3O3/c1-4-28-23(27)13-29-22-12-20(19-10-16-7-5-6-8-17(16)25-19)26-21(22)11-18-14(2)9-15(3)24-18/h5-12,24-25H,4,13H2,1-3H3/b21-11+. The van der Waals surface area contributed by atoms with E-state index in [1.54, 1.807) is 6.92 Å². The van der Waals surface area contributed by atoms with Crippen molar-refractivity contribution < 1.29 is 14.3 Å². The number of aromatic amines is 2. The summed E-state index contributed by atoms with van der Waals surface area (Å²) < 4.78 is 10.7. The number of carbonyl (C=O) groups excluding carboxylic acids is 1. The molecule has 2 N–H and O–H groups in total. The molecule has 1 aliphatic rings. The zero-order valence-corrected chi connectivity index (χ0v) is 16.7. The van der Waals surface area contributed by atoms with E-state index in [0.29, 0.717) is 18.1 Å². The highest BCUT2D eigenvalue weighted by Gasteiger charge is 2.20. The predicted octanol–water partition coefficient (Wildman–Crippen LogP) is 4.42. The largest absolute Gasteiger partial charge is 0.480 e. The van der Waals surface area contributed by atoms with E-state index in [2.05, 4.69) is 28.2 Å². The molecule has 148 valence electrons. The molecule has 0 saturated heterocycles. The first-order chi connectivity index (χ1) is 14.0. The van der Waals surface area contributed by atoms with E-state index in [0.717, 1.165) is 39.3 Å². The van der Waals surface area contributed by atoms with Crippen molar-refractivity contribution in [3.63, 3.8) is 0 Å². The Morgan fingerprint density at radius 2 is 2.00 bits per heavy atom. The van der Waals surface area contributed by atoms with Gasteiger partial charge in [0.25, 0.3) is 0 Å². The van der Waals surface area contributed by atoms with E-state index in [1.807, 2.05) is 44.2 Å². The van der Waals surface area contributed by atoms with Crippen molar-refractivity contribution in [1.29, 1.82) is 0 Å². The summed E-state index contributed by atoms with van der Waals surface area (Å²) in [4.78, 5) is 23.2. The van der Waals surface area contributed by atoms with E-state index < -0.39 is 5.97 Å². The Morgan fingerprint density at radius 3 is 2.72 bits per heavy atom. The quantitative estimate of drug-likeness (QED) is 0.613. The Labute approximate surface area is 169 Å². The van der Waals surface area contributed by atoms with Gasteiger partial charge in [0.15, 0.2) is 6.61 Å². The lowest BCUT2D eigenvalue weighted by Crippen LogP contribution is -2.12. The lowest BCUT2D eigenvalue weighted by Gasteiger charge is -2.07. The third-order valence-electron chi connectivity index (χ3n) is 4.69. The molecular formula is C23H23N3O3. The van der Waals surface area contributed by atoms with Crippen molar-refractivity contribution in [3.05, 3.63) is 76.6 Å². The number of nitrogens with zero attached hydrogens (tertiary/aromatic N) is 1. The fourth-order valence-corrected chi connectivity index (χ4v) is 3.36. The average molecular weight is 389 g/mol. The molecule has 0 fully saturated rings. The Balaban J connectivity index is 1.68. The number of ether oxygens (including phenoxy) is 2. The van der Waals surface area contributed by atoms with Crippen LogP contribution < -0.4 is 0 Å². The number of aliphatic imine (C=N–C) groups is 1. The molecular weight excluding hydrogens is 366 g/mol. The minimum atomic E-state index is -0.404. The van der Waals surface area contributed by atoms with Gasteiger partial charge in [-0.25, -0.2) is 9.79 Å². The van der Waals surface area contributed by atoms with Crippen molar-refractivity contribution in [3.8, 4) is 0 Å². The number of rotatable bonds is 6. The molecule has 1 aliphatic heterocycles. The molecule has 0 radical (unpaired) electrons. The van der Waals surface area contributed by atoms with Crippen LogP contribution in [-0.4, -0.2) is 34.9 Å². The van der Waals surface area contributed by atoms with Gasteiger partial charge in [-0.1, -0.05) is 18.2 Å². The molecule has 0 saturated carbocycles. The van der Waals surface area contributed by atoms with Crippen LogP contribution in [0, 0.1) is 13.8 Å². The molecule has 0 bridgehead atoms. The van der Waals surface area contributed by atoms with Crippen LogP contribution in [-0.2, 0) is 14.3 Å². The molecule has 0 aliphatic carbocycles. The third-order valence-corrected chi connectivity index (χ3v) is 4.69. The number of fused-ring (bicyclic) bond motifs is 1. The van der Waals surface area contributed by atoms with Crippen LogP contribution in [0.1, 0.15) is 29.6 Å². The highest BCUT2D eigenvalue weighted by molar-refractivity contribution is 6.13. The number of benzene rings is 1. The van der Waals surface area contributed by atoms with Gasteiger partial charge >= 0.3 is 5.97 Å². The second kappa shape index (κ2) is 7.83. The average Bonchev–Trinajstić information content (AvgIpc) is 3.37. The van der Waals surface area contributed by atoms with Crippen LogP contribution >= 0.6 is 0 Å². The minimum Gasteiger partial charge on any atom is -0.480 e. The number of aromatic nitrogens is 2. The van der Waals surface area contributed by atoms with Gasteiger partial charge in [0.1, 0.15) is 11.5 Å². The molecule has 0 spiro atoms. The summed E-state index contributed by atoms with van der Waals surface area (Å²) in [6.45, 7) is 5.98. The monoisotopic (exact) mass is 389 g/mol. The van der Waals surface area contributed by atoms with Gasteiger partial charge in [0, 0.05) is 28.4 Å². The third kappa shape index (κ3) is 4.01. The van der Waals surface area contributed by atoms with Gasteiger partial charge in [-0.3, -0.25) is 0 Å². The van der Waals surface area contributed by atoms with Crippen LogP contribution in [0.15, 0.2) is 58.9 Å². The van der Waals surface area contributed by atoms with Gasteiger partial charge in [-0.2, -0.15) is 0 Å². The summed E-state index contributed by atoms with van der Waals surface area (Å²) in [7, 11) is 0. The number of carbonyl (C=O) groups is 1. The second-order valence-corrected chi connectivity index (χ2v) is 6.95. The number of H-pyrrole nitrogens is 2. The van der Waals surface area contributed by atoms with Gasteiger partial charge in [-0.15, -0.1) is 0 Å². The summed E-state index contributed by atoms with van der Waals surface area (Å²) in [5, 5.41) is 1.11. The topological polar surface area (TPSA) is 79.5 Å². The smallest absolute Gasteiger partial charge is 0.344 e. The molecule has 2 aromatic heterocycles. The SMILES string of the molecule is CCOC(=O)COC1=CC(c2cc3ccccc3[nH]2)=N/C1=C/c1[nH]c(C)cc1C. The van der Waals surface area contributed by atoms with E-state index in [-0.39, 0.29) is 6.61 Å². The Kier molecular flexibility index (Phi) is 5.08. The van der Waals surface area contributed by atoms with E-state index in [9.17, 15) is 4.79 Å². The number of nitrogens with one attached hydrogen (secondary N) is 2. The highest BCUT2D eigenvalue weighted by Crippen LogP contribution is 2.27.